The second-order valence-corrected chi connectivity index (χ2v) is 6.45. The van der Waals surface area contributed by atoms with Gasteiger partial charge in [0, 0.05) is 6.04 Å². The summed E-state index contributed by atoms with van der Waals surface area (Å²) in [6.45, 7) is 7.88. The quantitative estimate of drug-likeness (QED) is 0.793. The van der Waals surface area contributed by atoms with E-state index >= 15 is 0 Å². The van der Waals surface area contributed by atoms with Gasteiger partial charge in [-0.3, -0.25) is 4.90 Å². The van der Waals surface area contributed by atoms with Gasteiger partial charge in [-0.1, -0.05) is 37.3 Å². The summed E-state index contributed by atoms with van der Waals surface area (Å²) in [6.07, 6.45) is 2.86. The zero-order valence-corrected chi connectivity index (χ0v) is 12.9. The Balaban J connectivity index is 2.22. The van der Waals surface area contributed by atoms with Gasteiger partial charge in [0.2, 0.25) is 0 Å². The van der Waals surface area contributed by atoms with Crippen molar-refractivity contribution in [1.29, 1.82) is 0 Å². The lowest BCUT2D eigenvalue weighted by Crippen LogP contribution is -2.40. The van der Waals surface area contributed by atoms with Gasteiger partial charge in [-0.15, -0.1) is 0 Å². The monoisotopic (exact) mass is 275 g/mol. The molecule has 1 heterocycles. The van der Waals surface area contributed by atoms with Crippen molar-refractivity contribution in [3.05, 3.63) is 35.9 Å². The number of benzene rings is 1. The van der Waals surface area contributed by atoms with Gasteiger partial charge in [-0.2, -0.15) is 0 Å². The SMILES string of the molecule is CCC1CCC(c2ccccc2)N1C(=O)OC(C)(C)C. The molecule has 0 aliphatic carbocycles. The Labute approximate surface area is 121 Å². The molecule has 2 unspecified atom stereocenters. The number of carbonyl (C=O) groups excluding carboxylic acids is 1. The first-order chi connectivity index (χ1) is 9.42. The van der Waals surface area contributed by atoms with Crippen LogP contribution >= 0.6 is 0 Å². The van der Waals surface area contributed by atoms with Crippen LogP contribution < -0.4 is 0 Å². The normalized spacial score (nSPS) is 22.9. The van der Waals surface area contributed by atoms with Crippen molar-refractivity contribution in [2.75, 3.05) is 0 Å². The van der Waals surface area contributed by atoms with Gasteiger partial charge in [-0.25, -0.2) is 4.79 Å². The molecule has 1 fully saturated rings. The third-order valence-electron chi connectivity index (χ3n) is 3.76. The molecule has 1 saturated heterocycles. The molecule has 1 aliphatic heterocycles. The molecular weight excluding hydrogens is 250 g/mol. The summed E-state index contributed by atoms with van der Waals surface area (Å²) in [5.41, 5.74) is 0.758. The summed E-state index contributed by atoms with van der Waals surface area (Å²) >= 11 is 0. The Morgan fingerprint density at radius 1 is 1.25 bits per heavy atom. The molecule has 3 nitrogen and oxygen atoms in total. The number of hydrogen-bond donors (Lipinski definition) is 0. The highest BCUT2D eigenvalue weighted by atomic mass is 16.6. The Bertz CT molecular complexity index is 450. The lowest BCUT2D eigenvalue weighted by molar-refractivity contribution is 0.0140. The lowest BCUT2D eigenvalue weighted by atomic mass is 10.1. The predicted molar refractivity (Wildman–Crippen MR) is 80.6 cm³/mol. The Morgan fingerprint density at radius 3 is 2.45 bits per heavy atom. The molecule has 0 saturated carbocycles. The van der Waals surface area contributed by atoms with Crippen molar-refractivity contribution >= 4 is 6.09 Å². The molecule has 2 rings (SSSR count). The second kappa shape index (κ2) is 5.86. The van der Waals surface area contributed by atoms with Crippen molar-refractivity contribution in [1.82, 2.24) is 4.90 Å². The van der Waals surface area contributed by atoms with Crippen LogP contribution in [0.25, 0.3) is 0 Å². The first kappa shape index (κ1) is 14.9. The van der Waals surface area contributed by atoms with Crippen LogP contribution in [0.4, 0.5) is 4.79 Å². The Kier molecular flexibility index (Phi) is 4.36. The summed E-state index contributed by atoms with van der Waals surface area (Å²) in [5.74, 6) is 0. The van der Waals surface area contributed by atoms with E-state index in [0.717, 1.165) is 19.3 Å². The number of nitrogens with zero attached hydrogens (tertiary/aromatic N) is 1. The molecule has 1 aromatic rings. The maximum absolute atomic E-state index is 12.5. The molecule has 0 N–H and O–H groups in total. The average Bonchev–Trinajstić information content (AvgIpc) is 2.81. The number of ether oxygens (including phenoxy) is 1. The summed E-state index contributed by atoms with van der Waals surface area (Å²) in [7, 11) is 0. The molecule has 0 radical (unpaired) electrons. The van der Waals surface area contributed by atoms with Gasteiger partial charge < -0.3 is 4.74 Å². The summed E-state index contributed by atoms with van der Waals surface area (Å²) in [6, 6.07) is 10.7. The molecule has 1 aliphatic rings. The largest absolute Gasteiger partial charge is 0.444 e. The number of rotatable bonds is 2. The molecule has 1 amide bonds. The minimum absolute atomic E-state index is 0.149. The first-order valence-corrected chi connectivity index (χ1v) is 7.48. The van der Waals surface area contributed by atoms with E-state index in [1.165, 1.54) is 5.56 Å². The van der Waals surface area contributed by atoms with E-state index in [1.54, 1.807) is 0 Å². The van der Waals surface area contributed by atoms with E-state index < -0.39 is 5.60 Å². The van der Waals surface area contributed by atoms with Crippen LogP contribution in [0.15, 0.2) is 30.3 Å². The van der Waals surface area contributed by atoms with Gasteiger partial charge in [0.05, 0.1) is 6.04 Å². The molecule has 3 heteroatoms. The standard InChI is InChI=1S/C17H25NO2/c1-5-14-11-12-15(13-9-7-6-8-10-13)18(14)16(19)20-17(2,3)4/h6-10,14-15H,5,11-12H2,1-4H3. The number of carbonyl (C=O) groups is 1. The molecular formula is C17H25NO2. The van der Waals surface area contributed by atoms with Crippen molar-refractivity contribution in [2.24, 2.45) is 0 Å². The molecule has 0 spiro atoms. The third-order valence-corrected chi connectivity index (χ3v) is 3.76. The minimum Gasteiger partial charge on any atom is -0.444 e. The maximum atomic E-state index is 12.5. The van der Waals surface area contributed by atoms with Crippen molar-refractivity contribution < 1.29 is 9.53 Å². The van der Waals surface area contributed by atoms with Gasteiger partial charge in [0.25, 0.3) is 0 Å². The van der Waals surface area contributed by atoms with Crippen molar-refractivity contribution in [3.63, 3.8) is 0 Å². The van der Waals surface area contributed by atoms with Crippen LogP contribution in [0, 0.1) is 0 Å². The maximum Gasteiger partial charge on any atom is 0.411 e. The smallest absolute Gasteiger partial charge is 0.411 e. The average molecular weight is 275 g/mol. The summed E-state index contributed by atoms with van der Waals surface area (Å²) in [4.78, 5) is 14.5. The van der Waals surface area contributed by atoms with Gasteiger partial charge in [-0.05, 0) is 45.6 Å². The van der Waals surface area contributed by atoms with Crippen LogP contribution in [0.3, 0.4) is 0 Å². The van der Waals surface area contributed by atoms with E-state index in [2.05, 4.69) is 19.1 Å². The Hall–Kier alpha value is -1.51. The predicted octanol–water partition coefficient (Wildman–Crippen LogP) is 4.54. The molecule has 1 aromatic carbocycles. The van der Waals surface area contributed by atoms with Crippen molar-refractivity contribution in [3.8, 4) is 0 Å². The highest BCUT2D eigenvalue weighted by molar-refractivity contribution is 5.69. The minimum atomic E-state index is -0.445. The van der Waals surface area contributed by atoms with Crippen LogP contribution in [0.5, 0.6) is 0 Å². The zero-order valence-electron chi connectivity index (χ0n) is 12.9. The van der Waals surface area contributed by atoms with Crippen LogP contribution in [-0.4, -0.2) is 22.6 Å². The Morgan fingerprint density at radius 2 is 1.90 bits per heavy atom. The zero-order chi connectivity index (χ0) is 14.8. The van der Waals surface area contributed by atoms with E-state index in [9.17, 15) is 4.79 Å². The summed E-state index contributed by atoms with van der Waals surface area (Å²) in [5, 5.41) is 0. The van der Waals surface area contributed by atoms with E-state index in [-0.39, 0.29) is 18.2 Å². The molecule has 20 heavy (non-hydrogen) atoms. The number of amides is 1. The van der Waals surface area contributed by atoms with E-state index in [0.29, 0.717) is 0 Å². The topological polar surface area (TPSA) is 29.5 Å². The second-order valence-electron chi connectivity index (χ2n) is 6.45. The van der Waals surface area contributed by atoms with E-state index in [4.69, 9.17) is 4.74 Å². The molecule has 110 valence electrons. The molecule has 0 bridgehead atoms. The van der Waals surface area contributed by atoms with E-state index in [1.807, 2.05) is 43.9 Å². The fourth-order valence-electron chi connectivity index (χ4n) is 2.88. The molecule has 0 aromatic heterocycles. The van der Waals surface area contributed by atoms with Crippen LogP contribution in [-0.2, 0) is 4.74 Å². The van der Waals surface area contributed by atoms with Gasteiger partial charge in [0.1, 0.15) is 5.60 Å². The first-order valence-electron chi connectivity index (χ1n) is 7.48. The number of likely N-dealkylation sites (tertiary alicyclic amines) is 1. The van der Waals surface area contributed by atoms with Gasteiger partial charge >= 0.3 is 6.09 Å². The van der Waals surface area contributed by atoms with Crippen LogP contribution in [0.2, 0.25) is 0 Å². The van der Waals surface area contributed by atoms with Gasteiger partial charge in [0.15, 0.2) is 0 Å². The van der Waals surface area contributed by atoms with Crippen molar-refractivity contribution in [2.45, 2.75) is 64.6 Å². The molecule has 2 atom stereocenters. The third kappa shape index (κ3) is 3.33. The highest BCUT2D eigenvalue weighted by Crippen LogP contribution is 2.38. The van der Waals surface area contributed by atoms with Crippen LogP contribution in [0.1, 0.15) is 58.6 Å². The fraction of sp³-hybridized carbons (Fsp3) is 0.588. The number of hydrogen-bond acceptors (Lipinski definition) is 2. The summed E-state index contributed by atoms with van der Waals surface area (Å²) < 4.78 is 5.59. The fourth-order valence-corrected chi connectivity index (χ4v) is 2.88. The lowest BCUT2D eigenvalue weighted by Gasteiger charge is -2.32. The highest BCUT2D eigenvalue weighted by Gasteiger charge is 2.38.